The zero-order valence-corrected chi connectivity index (χ0v) is 11.8. The molecule has 1 aliphatic rings. The summed E-state index contributed by atoms with van der Waals surface area (Å²) < 4.78 is 11.4. The fourth-order valence-electron chi connectivity index (χ4n) is 2.24. The summed E-state index contributed by atoms with van der Waals surface area (Å²) in [6, 6.07) is 6.03. The Kier molecular flexibility index (Phi) is 4.72. The van der Waals surface area contributed by atoms with Gasteiger partial charge in [-0.1, -0.05) is 28.4 Å². The van der Waals surface area contributed by atoms with Gasteiger partial charge in [0.15, 0.2) is 0 Å². The molecule has 0 spiro atoms. The lowest BCUT2D eigenvalue weighted by atomic mass is 9.98. The molecule has 94 valence electrons. The van der Waals surface area contributed by atoms with Crippen LogP contribution in [0.4, 0.5) is 0 Å². The molecule has 0 saturated heterocycles. The van der Waals surface area contributed by atoms with Crippen LogP contribution in [0.5, 0.6) is 11.5 Å². The smallest absolute Gasteiger partial charge is 0.127 e. The Morgan fingerprint density at radius 2 is 2.00 bits per heavy atom. The molecular weight excluding hydrogens is 280 g/mol. The Hall–Kier alpha value is -0.700. The van der Waals surface area contributed by atoms with Crippen molar-refractivity contribution in [3.8, 4) is 11.5 Å². The summed E-state index contributed by atoms with van der Waals surface area (Å²) >= 11 is 3.50. The highest BCUT2D eigenvalue weighted by molar-refractivity contribution is 9.08. The Bertz CT molecular complexity index is 359. The van der Waals surface area contributed by atoms with Crippen molar-refractivity contribution in [2.75, 3.05) is 7.11 Å². The highest BCUT2D eigenvalue weighted by Gasteiger charge is 2.16. The minimum Gasteiger partial charge on any atom is -0.497 e. The van der Waals surface area contributed by atoms with Gasteiger partial charge in [-0.3, -0.25) is 0 Å². The molecule has 1 fully saturated rings. The van der Waals surface area contributed by atoms with Gasteiger partial charge in [-0.15, -0.1) is 0 Å². The molecule has 17 heavy (non-hydrogen) atoms. The summed E-state index contributed by atoms with van der Waals surface area (Å²) in [4.78, 5) is 0. The molecule has 0 aliphatic heterocycles. The first kappa shape index (κ1) is 12.7. The lowest BCUT2D eigenvalue weighted by Crippen LogP contribution is -2.20. The van der Waals surface area contributed by atoms with Crippen LogP contribution in [0.25, 0.3) is 0 Å². The minimum atomic E-state index is 0.383. The number of rotatable bonds is 4. The molecule has 0 N–H and O–H groups in total. The van der Waals surface area contributed by atoms with Gasteiger partial charge >= 0.3 is 0 Å². The predicted octanol–water partition coefficient (Wildman–Crippen LogP) is 4.30. The highest BCUT2D eigenvalue weighted by Crippen LogP contribution is 2.30. The first-order valence-corrected chi connectivity index (χ1v) is 7.35. The maximum Gasteiger partial charge on any atom is 0.127 e. The zero-order valence-electron chi connectivity index (χ0n) is 10.2. The molecule has 1 aromatic rings. The van der Waals surface area contributed by atoms with Crippen molar-refractivity contribution in [3.05, 3.63) is 23.8 Å². The predicted molar refractivity (Wildman–Crippen MR) is 73.1 cm³/mol. The van der Waals surface area contributed by atoms with Gasteiger partial charge in [0.05, 0.1) is 13.2 Å². The van der Waals surface area contributed by atoms with Crippen molar-refractivity contribution in [2.24, 2.45) is 0 Å². The lowest BCUT2D eigenvalue weighted by Gasteiger charge is -2.24. The molecule has 2 rings (SSSR count). The molecule has 1 aromatic carbocycles. The van der Waals surface area contributed by atoms with Crippen molar-refractivity contribution in [1.29, 1.82) is 0 Å². The van der Waals surface area contributed by atoms with Crippen LogP contribution >= 0.6 is 15.9 Å². The van der Waals surface area contributed by atoms with Gasteiger partial charge in [-0.05, 0) is 31.7 Å². The van der Waals surface area contributed by atoms with Crippen molar-refractivity contribution in [2.45, 2.75) is 43.5 Å². The van der Waals surface area contributed by atoms with Crippen LogP contribution in [0, 0.1) is 0 Å². The third kappa shape index (κ3) is 3.38. The number of benzene rings is 1. The van der Waals surface area contributed by atoms with E-state index in [1.807, 2.05) is 12.1 Å². The largest absolute Gasteiger partial charge is 0.497 e. The Balaban J connectivity index is 2.11. The Labute approximate surface area is 111 Å². The van der Waals surface area contributed by atoms with E-state index in [0.717, 1.165) is 16.8 Å². The minimum absolute atomic E-state index is 0.383. The third-order valence-electron chi connectivity index (χ3n) is 3.26. The second-order valence-corrected chi connectivity index (χ2v) is 5.05. The van der Waals surface area contributed by atoms with Crippen LogP contribution in [0.1, 0.15) is 37.7 Å². The van der Waals surface area contributed by atoms with Crippen LogP contribution in [-0.4, -0.2) is 13.2 Å². The van der Waals surface area contributed by atoms with E-state index >= 15 is 0 Å². The summed E-state index contributed by atoms with van der Waals surface area (Å²) in [6.45, 7) is 0. The summed E-state index contributed by atoms with van der Waals surface area (Å²) in [5.74, 6) is 1.83. The average molecular weight is 299 g/mol. The molecule has 0 bridgehead atoms. The third-order valence-corrected chi connectivity index (χ3v) is 3.87. The van der Waals surface area contributed by atoms with Crippen molar-refractivity contribution >= 4 is 15.9 Å². The first-order valence-electron chi connectivity index (χ1n) is 6.23. The second-order valence-electron chi connectivity index (χ2n) is 4.49. The average Bonchev–Trinajstić information content (AvgIpc) is 2.40. The Morgan fingerprint density at radius 3 is 2.65 bits per heavy atom. The number of alkyl halides is 1. The standard InChI is InChI=1S/C14H19BrO2/c1-16-13-8-7-11(10-15)14(9-13)17-12-5-3-2-4-6-12/h7-9,12H,2-6,10H2,1H3. The van der Waals surface area contributed by atoms with E-state index < -0.39 is 0 Å². The number of methoxy groups -OCH3 is 1. The molecule has 1 aliphatic carbocycles. The summed E-state index contributed by atoms with van der Waals surface area (Å²) in [6.07, 6.45) is 6.67. The molecule has 0 radical (unpaired) electrons. The van der Waals surface area contributed by atoms with Crippen LogP contribution in [0.15, 0.2) is 18.2 Å². The van der Waals surface area contributed by atoms with Gasteiger partial charge in [0.2, 0.25) is 0 Å². The fraction of sp³-hybridized carbons (Fsp3) is 0.571. The van der Waals surface area contributed by atoms with Gasteiger partial charge < -0.3 is 9.47 Å². The monoisotopic (exact) mass is 298 g/mol. The normalized spacial score (nSPS) is 16.8. The SMILES string of the molecule is COc1ccc(CBr)c(OC2CCCCC2)c1. The van der Waals surface area contributed by atoms with E-state index in [-0.39, 0.29) is 0 Å². The van der Waals surface area contributed by atoms with Crippen LogP contribution in [0.3, 0.4) is 0 Å². The molecule has 0 aromatic heterocycles. The molecule has 0 amide bonds. The molecular formula is C14H19BrO2. The van der Waals surface area contributed by atoms with Gasteiger partial charge in [0.25, 0.3) is 0 Å². The van der Waals surface area contributed by atoms with E-state index in [1.165, 1.54) is 37.7 Å². The van der Waals surface area contributed by atoms with Crippen molar-refractivity contribution in [3.63, 3.8) is 0 Å². The zero-order chi connectivity index (χ0) is 12.1. The van der Waals surface area contributed by atoms with E-state index in [0.29, 0.717) is 6.10 Å². The summed E-state index contributed by atoms with van der Waals surface area (Å²) in [5.41, 5.74) is 1.19. The van der Waals surface area contributed by atoms with E-state index in [9.17, 15) is 0 Å². The van der Waals surface area contributed by atoms with Crippen LogP contribution in [0.2, 0.25) is 0 Å². The maximum atomic E-state index is 6.11. The lowest BCUT2D eigenvalue weighted by molar-refractivity contribution is 0.153. The quantitative estimate of drug-likeness (QED) is 0.772. The Morgan fingerprint density at radius 1 is 1.24 bits per heavy atom. The van der Waals surface area contributed by atoms with Gasteiger partial charge in [0.1, 0.15) is 11.5 Å². The molecule has 2 nitrogen and oxygen atoms in total. The molecule has 3 heteroatoms. The summed E-state index contributed by atoms with van der Waals surface area (Å²) in [5, 5.41) is 0.818. The first-order chi connectivity index (χ1) is 8.33. The second kappa shape index (κ2) is 6.29. The van der Waals surface area contributed by atoms with E-state index in [1.54, 1.807) is 7.11 Å². The molecule has 0 atom stereocenters. The van der Waals surface area contributed by atoms with Crippen LogP contribution in [-0.2, 0) is 5.33 Å². The topological polar surface area (TPSA) is 18.5 Å². The maximum absolute atomic E-state index is 6.11. The highest BCUT2D eigenvalue weighted by atomic mass is 79.9. The number of hydrogen-bond acceptors (Lipinski definition) is 2. The molecule has 1 saturated carbocycles. The number of ether oxygens (including phenoxy) is 2. The van der Waals surface area contributed by atoms with Crippen LogP contribution < -0.4 is 9.47 Å². The molecule has 0 unspecified atom stereocenters. The van der Waals surface area contributed by atoms with Crippen molar-refractivity contribution < 1.29 is 9.47 Å². The number of halogens is 1. The van der Waals surface area contributed by atoms with Gasteiger partial charge in [-0.2, -0.15) is 0 Å². The van der Waals surface area contributed by atoms with E-state index in [4.69, 9.17) is 9.47 Å². The van der Waals surface area contributed by atoms with Crippen molar-refractivity contribution in [1.82, 2.24) is 0 Å². The number of hydrogen-bond donors (Lipinski definition) is 0. The van der Waals surface area contributed by atoms with Gasteiger partial charge in [0, 0.05) is 17.0 Å². The summed E-state index contributed by atoms with van der Waals surface area (Å²) in [7, 11) is 1.69. The fourth-order valence-corrected chi connectivity index (χ4v) is 2.71. The van der Waals surface area contributed by atoms with E-state index in [2.05, 4.69) is 22.0 Å². The van der Waals surface area contributed by atoms with Gasteiger partial charge in [-0.25, -0.2) is 0 Å². The molecule has 0 heterocycles.